The van der Waals surface area contributed by atoms with Crippen molar-refractivity contribution in [1.82, 2.24) is 15.0 Å². The number of nitrogens with one attached hydrogen (secondary N) is 1. The largest absolute Gasteiger partial charge is 0.460 e. The zero-order valence-corrected chi connectivity index (χ0v) is 14.3. The van der Waals surface area contributed by atoms with Crippen LogP contribution in [0.1, 0.15) is 41.6 Å². The molecule has 1 amide bonds. The maximum atomic E-state index is 12.3. The molecule has 6 heteroatoms. The van der Waals surface area contributed by atoms with Crippen LogP contribution in [0, 0.1) is 13.8 Å². The number of aryl methyl sites for hydroxylation is 3. The van der Waals surface area contributed by atoms with Crippen LogP contribution in [0.4, 0.5) is 0 Å². The Morgan fingerprint density at radius 1 is 1.29 bits per heavy atom. The fourth-order valence-corrected chi connectivity index (χ4v) is 2.67. The van der Waals surface area contributed by atoms with E-state index >= 15 is 0 Å². The van der Waals surface area contributed by atoms with Gasteiger partial charge >= 0.3 is 0 Å². The second kappa shape index (κ2) is 6.31. The molecule has 0 fully saturated rings. The fourth-order valence-electron chi connectivity index (χ4n) is 2.67. The van der Waals surface area contributed by atoms with Crippen LogP contribution >= 0.6 is 0 Å². The predicted molar refractivity (Wildman–Crippen MR) is 93.3 cm³/mol. The van der Waals surface area contributed by atoms with Gasteiger partial charge in [-0.05, 0) is 58.0 Å². The Morgan fingerprint density at radius 2 is 2.08 bits per heavy atom. The summed E-state index contributed by atoms with van der Waals surface area (Å²) < 4.78 is 7.58. The molecule has 124 valence electrons. The molecule has 1 N–H and O–H groups in total. The number of furan rings is 1. The molecular formula is C18H20N4O2. The van der Waals surface area contributed by atoms with Gasteiger partial charge in [-0.3, -0.25) is 4.79 Å². The summed E-state index contributed by atoms with van der Waals surface area (Å²) in [7, 11) is 0. The minimum Gasteiger partial charge on any atom is -0.460 e. The minimum atomic E-state index is -0.275. The Kier molecular flexibility index (Phi) is 4.20. The second-order valence-electron chi connectivity index (χ2n) is 5.66. The molecule has 1 aromatic carbocycles. The Balaban J connectivity index is 1.81. The number of nitrogens with zero attached hydrogens (tertiary/aromatic N) is 3. The van der Waals surface area contributed by atoms with Crippen molar-refractivity contribution in [1.29, 1.82) is 0 Å². The molecular weight excluding hydrogens is 304 g/mol. The quantitative estimate of drug-likeness (QED) is 0.590. The molecule has 0 spiro atoms. The van der Waals surface area contributed by atoms with Crippen LogP contribution in [0.2, 0.25) is 0 Å². The van der Waals surface area contributed by atoms with Gasteiger partial charge in [-0.15, -0.1) is 0 Å². The van der Waals surface area contributed by atoms with Gasteiger partial charge in [-0.25, -0.2) is 10.4 Å². The number of hydrazone groups is 1. The van der Waals surface area contributed by atoms with Crippen LogP contribution in [0.3, 0.4) is 0 Å². The Bertz CT molecular complexity index is 934. The molecule has 2 aromatic heterocycles. The number of imidazole rings is 1. The summed E-state index contributed by atoms with van der Waals surface area (Å²) in [5.41, 5.74) is 5.53. The molecule has 3 rings (SSSR count). The molecule has 3 aromatic rings. The highest BCUT2D eigenvalue weighted by atomic mass is 16.3. The first-order valence-corrected chi connectivity index (χ1v) is 7.88. The fraction of sp³-hybridized carbons (Fsp3) is 0.278. The van der Waals surface area contributed by atoms with Gasteiger partial charge in [-0.2, -0.15) is 5.10 Å². The molecule has 24 heavy (non-hydrogen) atoms. The maximum absolute atomic E-state index is 12.3. The average molecular weight is 324 g/mol. The second-order valence-corrected chi connectivity index (χ2v) is 5.66. The van der Waals surface area contributed by atoms with Crippen LogP contribution in [-0.4, -0.2) is 21.2 Å². The SMILES string of the molecule is CCn1c(C)nc2cc(C(=O)N/N=C(\C)c3ccc(C)o3)ccc21. The zero-order valence-electron chi connectivity index (χ0n) is 14.3. The van der Waals surface area contributed by atoms with E-state index in [2.05, 4.69) is 27.0 Å². The van der Waals surface area contributed by atoms with Crippen molar-refractivity contribution in [2.45, 2.75) is 34.2 Å². The van der Waals surface area contributed by atoms with Crippen molar-refractivity contribution in [3.05, 3.63) is 53.2 Å². The van der Waals surface area contributed by atoms with Gasteiger partial charge in [0.1, 0.15) is 23.1 Å². The van der Waals surface area contributed by atoms with Crippen molar-refractivity contribution in [2.24, 2.45) is 5.10 Å². The van der Waals surface area contributed by atoms with Gasteiger partial charge in [0.25, 0.3) is 5.91 Å². The smallest absolute Gasteiger partial charge is 0.271 e. The third-order valence-electron chi connectivity index (χ3n) is 3.94. The van der Waals surface area contributed by atoms with E-state index in [-0.39, 0.29) is 5.91 Å². The van der Waals surface area contributed by atoms with E-state index in [1.54, 1.807) is 19.1 Å². The number of benzene rings is 1. The Labute approximate surface area is 140 Å². The van der Waals surface area contributed by atoms with E-state index in [9.17, 15) is 4.79 Å². The van der Waals surface area contributed by atoms with Gasteiger partial charge in [0.15, 0.2) is 0 Å². The summed E-state index contributed by atoms with van der Waals surface area (Å²) >= 11 is 0. The van der Waals surface area contributed by atoms with Gasteiger partial charge in [-0.1, -0.05) is 0 Å². The van der Waals surface area contributed by atoms with Crippen LogP contribution < -0.4 is 5.43 Å². The first-order valence-electron chi connectivity index (χ1n) is 7.88. The van der Waals surface area contributed by atoms with E-state index in [4.69, 9.17) is 4.42 Å². The van der Waals surface area contributed by atoms with Crippen molar-refractivity contribution in [3.8, 4) is 0 Å². The minimum absolute atomic E-state index is 0.275. The standard InChI is InChI=1S/C18H20N4O2/c1-5-22-13(4)19-15-10-14(7-8-16(15)22)18(23)21-20-12(3)17-9-6-11(2)24-17/h6-10H,5H2,1-4H3,(H,21,23)/b20-12+. The van der Waals surface area contributed by atoms with Crippen LogP contribution in [0.25, 0.3) is 11.0 Å². The first kappa shape index (κ1) is 16.0. The van der Waals surface area contributed by atoms with E-state index in [1.165, 1.54) is 0 Å². The molecule has 0 radical (unpaired) electrons. The van der Waals surface area contributed by atoms with E-state index in [1.807, 2.05) is 32.0 Å². The summed E-state index contributed by atoms with van der Waals surface area (Å²) in [4.78, 5) is 16.8. The number of carbonyl (C=O) groups is 1. The third kappa shape index (κ3) is 2.95. The number of carbonyl (C=O) groups excluding carboxylic acids is 1. The summed E-state index contributed by atoms with van der Waals surface area (Å²) in [5, 5.41) is 4.10. The molecule has 0 saturated carbocycles. The van der Waals surface area contributed by atoms with Gasteiger partial charge < -0.3 is 8.98 Å². The number of rotatable bonds is 4. The summed E-state index contributed by atoms with van der Waals surface area (Å²) in [6.07, 6.45) is 0. The monoisotopic (exact) mass is 324 g/mol. The van der Waals surface area contributed by atoms with E-state index < -0.39 is 0 Å². The maximum Gasteiger partial charge on any atom is 0.271 e. The van der Waals surface area contributed by atoms with Crippen LogP contribution in [0.5, 0.6) is 0 Å². The van der Waals surface area contributed by atoms with Crippen molar-refractivity contribution >= 4 is 22.7 Å². The lowest BCUT2D eigenvalue weighted by Gasteiger charge is -2.03. The van der Waals surface area contributed by atoms with Crippen LogP contribution in [-0.2, 0) is 6.54 Å². The lowest BCUT2D eigenvalue weighted by Crippen LogP contribution is -2.19. The summed E-state index contributed by atoms with van der Waals surface area (Å²) in [6, 6.07) is 9.17. The summed E-state index contributed by atoms with van der Waals surface area (Å²) in [5.74, 6) is 2.11. The average Bonchev–Trinajstić information content (AvgIpc) is 3.13. The topological polar surface area (TPSA) is 72.4 Å². The number of fused-ring (bicyclic) bond motifs is 1. The molecule has 2 heterocycles. The lowest BCUT2D eigenvalue weighted by atomic mass is 10.2. The highest BCUT2D eigenvalue weighted by Gasteiger charge is 2.11. The summed E-state index contributed by atoms with van der Waals surface area (Å²) in [6.45, 7) is 8.53. The number of aromatic nitrogens is 2. The van der Waals surface area contributed by atoms with Gasteiger partial charge in [0.2, 0.25) is 0 Å². The molecule has 6 nitrogen and oxygen atoms in total. The molecule has 0 unspecified atom stereocenters. The predicted octanol–water partition coefficient (Wildman–Crippen LogP) is 3.42. The molecule has 0 bridgehead atoms. The number of amides is 1. The highest BCUT2D eigenvalue weighted by Crippen LogP contribution is 2.17. The Hall–Kier alpha value is -2.89. The van der Waals surface area contributed by atoms with Gasteiger partial charge in [0, 0.05) is 12.1 Å². The molecule has 0 aliphatic heterocycles. The molecule has 0 saturated heterocycles. The lowest BCUT2D eigenvalue weighted by molar-refractivity contribution is 0.0955. The van der Waals surface area contributed by atoms with Crippen LogP contribution in [0.15, 0.2) is 39.9 Å². The van der Waals surface area contributed by atoms with E-state index in [0.717, 1.165) is 29.2 Å². The Morgan fingerprint density at radius 3 is 2.75 bits per heavy atom. The molecule has 0 aliphatic rings. The van der Waals surface area contributed by atoms with Crippen molar-refractivity contribution in [3.63, 3.8) is 0 Å². The number of hydrogen-bond acceptors (Lipinski definition) is 4. The first-order chi connectivity index (χ1) is 11.5. The normalized spacial score (nSPS) is 11.9. The third-order valence-corrected chi connectivity index (χ3v) is 3.94. The van der Waals surface area contributed by atoms with Crippen molar-refractivity contribution in [2.75, 3.05) is 0 Å². The van der Waals surface area contributed by atoms with Gasteiger partial charge in [0.05, 0.1) is 11.0 Å². The van der Waals surface area contributed by atoms with Crippen molar-refractivity contribution < 1.29 is 9.21 Å². The molecule has 0 atom stereocenters. The number of hydrogen-bond donors (Lipinski definition) is 1. The highest BCUT2D eigenvalue weighted by molar-refractivity contribution is 6.00. The molecule has 0 aliphatic carbocycles. The zero-order chi connectivity index (χ0) is 17.3. The van der Waals surface area contributed by atoms with E-state index in [0.29, 0.717) is 17.0 Å².